The van der Waals surface area contributed by atoms with E-state index >= 15 is 0 Å². The fourth-order valence-electron chi connectivity index (χ4n) is 2.42. The van der Waals surface area contributed by atoms with E-state index in [9.17, 15) is 4.79 Å². The Morgan fingerprint density at radius 3 is 2.70 bits per heavy atom. The first-order valence-corrected chi connectivity index (χ1v) is 7.49. The minimum atomic E-state index is 0.0199. The molecule has 1 aromatic rings. The quantitative estimate of drug-likeness (QED) is 0.615. The molecule has 0 heterocycles. The molecule has 0 aromatic heterocycles. The largest absolute Gasteiger partial charge is 0.325 e. The molecule has 0 bridgehead atoms. The summed E-state index contributed by atoms with van der Waals surface area (Å²) in [6.07, 6.45) is 8.53. The maximum atomic E-state index is 11.8. The number of amides is 1. The van der Waals surface area contributed by atoms with Crippen LogP contribution in [0.1, 0.15) is 37.7 Å². The van der Waals surface area contributed by atoms with Gasteiger partial charge in [0.05, 0.1) is 6.54 Å². The van der Waals surface area contributed by atoms with Crippen molar-refractivity contribution in [3.8, 4) is 0 Å². The third-order valence-electron chi connectivity index (χ3n) is 3.63. The molecule has 0 aliphatic heterocycles. The van der Waals surface area contributed by atoms with Crippen LogP contribution in [0.25, 0.3) is 0 Å². The van der Waals surface area contributed by atoms with Gasteiger partial charge >= 0.3 is 0 Å². The Balaban J connectivity index is 1.62. The highest BCUT2D eigenvalue weighted by molar-refractivity contribution is 5.92. The van der Waals surface area contributed by atoms with E-state index in [1.807, 2.05) is 31.2 Å². The molecule has 20 heavy (non-hydrogen) atoms. The van der Waals surface area contributed by atoms with Crippen molar-refractivity contribution >= 4 is 11.6 Å². The van der Waals surface area contributed by atoms with E-state index in [2.05, 4.69) is 16.7 Å². The lowest BCUT2D eigenvalue weighted by molar-refractivity contribution is -0.115. The molecule has 0 unspecified atom stereocenters. The number of allylic oxidation sites excluding steroid dienone is 1. The number of hydrogen-bond donors (Lipinski definition) is 2. The van der Waals surface area contributed by atoms with E-state index in [1.165, 1.54) is 31.2 Å². The smallest absolute Gasteiger partial charge is 0.238 e. The molecule has 0 atom stereocenters. The zero-order chi connectivity index (χ0) is 14.2. The number of benzene rings is 1. The van der Waals surface area contributed by atoms with Crippen LogP contribution in [0.4, 0.5) is 5.69 Å². The van der Waals surface area contributed by atoms with Crippen molar-refractivity contribution in [2.45, 2.75) is 39.0 Å². The van der Waals surface area contributed by atoms with Crippen molar-refractivity contribution in [3.05, 3.63) is 41.5 Å². The van der Waals surface area contributed by atoms with Gasteiger partial charge in [-0.15, -0.1) is 0 Å². The number of nitrogens with one attached hydrogen (secondary N) is 2. The molecule has 3 nitrogen and oxygen atoms in total. The highest BCUT2D eigenvalue weighted by atomic mass is 16.1. The number of anilines is 1. The van der Waals surface area contributed by atoms with Crippen LogP contribution in [-0.2, 0) is 4.79 Å². The number of rotatable bonds is 6. The lowest BCUT2D eigenvalue weighted by Gasteiger charge is -2.13. The van der Waals surface area contributed by atoms with E-state index in [4.69, 9.17) is 0 Å². The summed E-state index contributed by atoms with van der Waals surface area (Å²) < 4.78 is 0. The van der Waals surface area contributed by atoms with Crippen LogP contribution in [0.5, 0.6) is 0 Å². The highest BCUT2D eigenvalue weighted by Crippen LogP contribution is 2.19. The second kappa shape index (κ2) is 7.85. The highest BCUT2D eigenvalue weighted by Gasteiger charge is 2.04. The lowest BCUT2D eigenvalue weighted by atomic mass is 9.97. The van der Waals surface area contributed by atoms with Crippen molar-refractivity contribution < 1.29 is 4.79 Å². The van der Waals surface area contributed by atoms with Gasteiger partial charge in [-0.25, -0.2) is 0 Å². The van der Waals surface area contributed by atoms with E-state index in [0.717, 1.165) is 18.7 Å². The number of carbonyl (C=O) groups is 1. The zero-order valence-electron chi connectivity index (χ0n) is 12.2. The molecule has 1 aromatic carbocycles. The van der Waals surface area contributed by atoms with Crippen LogP contribution in [0.15, 0.2) is 35.9 Å². The van der Waals surface area contributed by atoms with Crippen molar-refractivity contribution in [2.75, 3.05) is 18.4 Å². The van der Waals surface area contributed by atoms with E-state index in [0.29, 0.717) is 6.54 Å². The summed E-state index contributed by atoms with van der Waals surface area (Å²) in [5.41, 5.74) is 3.60. The minimum absolute atomic E-state index is 0.0199. The Kier molecular flexibility index (Phi) is 5.81. The molecule has 2 N–H and O–H groups in total. The molecular formula is C17H24N2O. The Morgan fingerprint density at radius 2 is 2.00 bits per heavy atom. The molecule has 1 aliphatic carbocycles. The molecule has 0 radical (unpaired) electrons. The van der Waals surface area contributed by atoms with Gasteiger partial charge in [0.1, 0.15) is 0 Å². The monoisotopic (exact) mass is 272 g/mol. The van der Waals surface area contributed by atoms with Gasteiger partial charge < -0.3 is 10.6 Å². The molecule has 0 spiro atoms. The normalized spacial score (nSPS) is 14.8. The predicted molar refractivity (Wildman–Crippen MR) is 83.8 cm³/mol. The maximum absolute atomic E-state index is 11.8. The first kappa shape index (κ1) is 14.8. The molecule has 108 valence electrons. The van der Waals surface area contributed by atoms with Crippen molar-refractivity contribution in [3.63, 3.8) is 0 Å². The Labute approximate surface area is 121 Å². The van der Waals surface area contributed by atoms with Crippen LogP contribution in [0, 0.1) is 6.92 Å². The number of hydrogen-bond acceptors (Lipinski definition) is 2. The molecule has 2 rings (SSSR count). The summed E-state index contributed by atoms with van der Waals surface area (Å²) in [6.45, 7) is 3.29. The van der Waals surface area contributed by atoms with Crippen LogP contribution < -0.4 is 10.6 Å². The molecule has 0 saturated heterocycles. The van der Waals surface area contributed by atoms with Gasteiger partial charge in [-0.2, -0.15) is 0 Å². The van der Waals surface area contributed by atoms with Crippen molar-refractivity contribution in [1.82, 2.24) is 5.32 Å². The third-order valence-corrected chi connectivity index (χ3v) is 3.63. The molecule has 1 aliphatic rings. The van der Waals surface area contributed by atoms with Gasteiger partial charge in [0.25, 0.3) is 0 Å². The number of carbonyl (C=O) groups excluding carboxylic acids is 1. The van der Waals surface area contributed by atoms with E-state index in [1.54, 1.807) is 5.57 Å². The Hall–Kier alpha value is -1.61. The van der Waals surface area contributed by atoms with Gasteiger partial charge in [-0.1, -0.05) is 29.3 Å². The lowest BCUT2D eigenvalue weighted by Crippen LogP contribution is -2.29. The SMILES string of the molecule is Cc1ccc(NC(=O)CNCCC2=CCCCC2)cc1. The standard InChI is InChI=1S/C17H24N2O/c1-14-7-9-16(10-8-14)19-17(20)13-18-12-11-15-5-3-2-4-6-15/h5,7-10,18H,2-4,6,11-13H2,1H3,(H,19,20). The summed E-state index contributed by atoms with van der Waals surface area (Å²) in [6, 6.07) is 7.86. The molecular weight excluding hydrogens is 248 g/mol. The second-order valence-corrected chi connectivity index (χ2v) is 5.45. The summed E-state index contributed by atoms with van der Waals surface area (Å²) in [5, 5.41) is 6.10. The van der Waals surface area contributed by atoms with Crippen molar-refractivity contribution in [1.29, 1.82) is 0 Å². The second-order valence-electron chi connectivity index (χ2n) is 5.45. The Bertz CT molecular complexity index is 462. The van der Waals surface area contributed by atoms with E-state index in [-0.39, 0.29) is 5.91 Å². The van der Waals surface area contributed by atoms with Gasteiger partial charge in [-0.05, 0) is 57.7 Å². The van der Waals surface area contributed by atoms with Gasteiger partial charge in [0.2, 0.25) is 5.91 Å². The van der Waals surface area contributed by atoms with Crippen LogP contribution in [0.3, 0.4) is 0 Å². The first-order chi connectivity index (χ1) is 9.74. The van der Waals surface area contributed by atoms with E-state index < -0.39 is 0 Å². The van der Waals surface area contributed by atoms with Gasteiger partial charge in [0.15, 0.2) is 0 Å². The van der Waals surface area contributed by atoms with Gasteiger partial charge in [0, 0.05) is 5.69 Å². The molecule has 3 heteroatoms. The van der Waals surface area contributed by atoms with Crippen LogP contribution >= 0.6 is 0 Å². The molecule has 1 amide bonds. The summed E-state index contributed by atoms with van der Waals surface area (Å²) in [7, 11) is 0. The average molecular weight is 272 g/mol. The average Bonchev–Trinajstić information content (AvgIpc) is 2.47. The molecule has 0 fully saturated rings. The van der Waals surface area contributed by atoms with Crippen LogP contribution in [0.2, 0.25) is 0 Å². The number of aryl methyl sites for hydroxylation is 1. The maximum Gasteiger partial charge on any atom is 0.238 e. The first-order valence-electron chi connectivity index (χ1n) is 7.49. The third kappa shape index (κ3) is 5.17. The minimum Gasteiger partial charge on any atom is -0.325 e. The summed E-state index contributed by atoms with van der Waals surface area (Å²) >= 11 is 0. The fourth-order valence-corrected chi connectivity index (χ4v) is 2.42. The van der Waals surface area contributed by atoms with Crippen molar-refractivity contribution in [2.24, 2.45) is 0 Å². The summed E-state index contributed by atoms with van der Waals surface area (Å²) in [4.78, 5) is 11.8. The van der Waals surface area contributed by atoms with Gasteiger partial charge in [-0.3, -0.25) is 4.79 Å². The molecule has 0 saturated carbocycles. The fraction of sp³-hybridized carbons (Fsp3) is 0.471. The summed E-state index contributed by atoms with van der Waals surface area (Å²) in [5.74, 6) is 0.0199. The predicted octanol–water partition coefficient (Wildman–Crippen LogP) is 3.41. The topological polar surface area (TPSA) is 41.1 Å². The van der Waals surface area contributed by atoms with Crippen LogP contribution in [-0.4, -0.2) is 19.0 Å². The zero-order valence-corrected chi connectivity index (χ0v) is 12.2. The Morgan fingerprint density at radius 1 is 1.20 bits per heavy atom.